The summed E-state index contributed by atoms with van der Waals surface area (Å²) in [5.74, 6) is -0.194. The van der Waals surface area contributed by atoms with Gasteiger partial charge in [-0.1, -0.05) is 29.0 Å². The molecule has 0 bridgehead atoms. The van der Waals surface area contributed by atoms with E-state index in [2.05, 4.69) is 45.8 Å². The first-order valence-electron chi connectivity index (χ1n) is 12.7. The monoisotopic (exact) mass is 619 g/mol. The second kappa shape index (κ2) is 12.7. The minimum atomic E-state index is -3.74. The molecule has 0 spiro atoms. The van der Waals surface area contributed by atoms with Crippen LogP contribution in [0.4, 0.5) is 10.8 Å². The van der Waals surface area contributed by atoms with Crippen molar-refractivity contribution in [2.75, 3.05) is 48.9 Å². The second-order valence-corrected chi connectivity index (χ2v) is 12.8. The standard InChI is InChI=1S/C28H30ClN5O3S2.ClH/c1-19-17-20(2)26-25(18-19)38-28(31-26)34-15-13-33(14-16-34)12-11-30-27(35)21-3-7-23(8-4-21)32-39(36,37)24-9-5-22(29)6-10-24;/h3-10,17-18,32H,11-16H2,1-2H3,(H,30,35);1H. The summed E-state index contributed by atoms with van der Waals surface area (Å²) in [7, 11) is -3.74. The molecule has 0 aliphatic carbocycles. The number of aryl methyl sites for hydroxylation is 2. The minimum absolute atomic E-state index is 0. The van der Waals surface area contributed by atoms with Crippen LogP contribution in [0.25, 0.3) is 10.2 Å². The number of nitrogens with zero attached hydrogens (tertiary/aromatic N) is 3. The molecule has 8 nitrogen and oxygen atoms in total. The molecule has 1 fully saturated rings. The number of thiazole rings is 1. The molecule has 212 valence electrons. The zero-order valence-corrected chi connectivity index (χ0v) is 25.4. The molecule has 1 amide bonds. The van der Waals surface area contributed by atoms with E-state index in [9.17, 15) is 13.2 Å². The highest BCUT2D eigenvalue weighted by atomic mass is 35.5. The lowest BCUT2D eigenvalue weighted by Gasteiger charge is -2.34. The van der Waals surface area contributed by atoms with Crippen molar-refractivity contribution in [3.05, 3.63) is 82.4 Å². The summed E-state index contributed by atoms with van der Waals surface area (Å²) < 4.78 is 28.8. The molecular formula is C28H31Cl2N5O3S2. The highest BCUT2D eigenvalue weighted by molar-refractivity contribution is 7.92. The molecule has 1 aliphatic rings. The SMILES string of the molecule is Cc1cc(C)c2nc(N3CCN(CCNC(=O)c4ccc(NS(=O)(=O)c5ccc(Cl)cc5)cc4)CC3)sc2c1.Cl. The third kappa shape index (κ3) is 7.05. The quantitative estimate of drug-likeness (QED) is 0.276. The lowest BCUT2D eigenvalue weighted by atomic mass is 10.1. The maximum absolute atomic E-state index is 12.6. The average molecular weight is 621 g/mol. The van der Waals surface area contributed by atoms with E-state index >= 15 is 0 Å². The smallest absolute Gasteiger partial charge is 0.261 e. The van der Waals surface area contributed by atoms with Crippen LogP contribution < -0.4 is 14.9 Å². The van der Waals surface area contributed by atoms with Gasteiger partial charge in [-0.2, -0.15) is 0 Å². The van der Waals surface area contributed by atoms with Gasteiger partial charge in [0, 0.05) is 55.5 Å². The maximum Gasteiger partial charge on any atom is 0.261 e. The molecule has 1 saturated heterocycles. The number of carbonyl (C=O) groups is 1. The number of sulfonamides is 1. The Morgan fingerprint density at radius 3 is 2.35 bits per heavy atom. The Balaban J connectivity index is 0.00000370. The van der Waals surface area contributed by atoms with Gasteiger partial charge in [-0.15, -0.1) is 12.4 Å². The molecule has 2 heterocycles. The predicted octanol–water partition coefficient (Wildman–Crippen LogP) is 5.34. The number of piperazine rings is 1. The van der Waals surface area contributed by atoms with E-state index in [0.29, 0.717) is 22.8 Å². The molecule has 40 heavy (non-hydrogen) atoms. The number of anilines is 2. The number of hydrogen-bond acceptors (Lipinski definition) is 7. The van der Waals surface area contributed by atoms with Crippen LogP contribution in [0.2, 0.25) is 5.02 Å². The minimum Gasteiger partial charge on any atom is -0.351 e. The largest absolute Gasteiger partial charge is 0.351 e. The van der Waals surface area contributed by atoms with Gasteiger partial charge in [-0.3, -0.25) is 14.4 Å². The molecule has 12 heteroatoms. The molecule has 2 N–H and O–H groups in total. The number of halogens is 2. The predicted molar refractivity (Wildman–Crippen MR) is 166 cm³/mol. The number of nitrogens with one attached hydrogen (secondary N) is 2. The first kappa shape index (κ1) is 30.1. The molecule has 0 saturated carbocycles. The number of carbonyl (C=O) groups excluding carboxylic acids is 1. The lowest BCUT2D eigenvalue weighted by Crippen LogP contribution is -2.48. The molecule has 1 aliphatic heterocycles. The van der Waals surface area contributed by atoms with Crippen molar-refractivity contribution in [2.24, 2.45) is 0 Å². The van der Waals surface area contributed by atoms with Crippen LogP contribution in [0, 0.1) is 13.8 Å². The molecule has 3 aromatic carbocycles. The van der Waals surface area contributed by atoms with Crippen LogP contribution in [0.5, 0.6) is 0 Å². The molecular weight excluding hydrogens is 589 g/mol. The van der Waals surface area contributed by atoms with Crippen LogP contribution in [0.3, 0.4) is 0 Å². The van der Waals surface area contributed by atoms with E-state index in [1.807, 2.05) is 0 Å². The molecule has 1 aromatic heterocycles. The Morgan fingerprint density at radius 2 is 1.68 bits per heavy atom. The number of benzene rings is 3. The number of fused-ring (bicyclic) bond motifs is 1. The summed E-state index contributed by atoms with van der Waals surface area (Å²) in [6, 6.07) is 16.7. The third-order valence-corrected chi connectivity index (χ3v) is 9.41. The van der Waals surface area contributed by atoms with E-state index in [-0.39, 0.29) is 23.2 Å². The number of amides is 1. The lowest BCUT2D eigenvalue weighted by molar-refractivity contribution is 0.0948. The van der Waals surface area contributed by atoms with Gasteiger partial charge < -0.3 is 10.2 Å². The second-order valence-electron chi connectivity index (χ2n) is 9.65. The van der Waals surface area contributed by atoms with Crippen LogP contribution in [-0.2, 0) is 10.0 Å². The first-order chi connectivity index (χ1) is 18.7. The van der Waals surface area contributed by atoms with Crippen LogP contribution >= 0.6 is 35.3 Å². The summed E-state index contributed by atoms with van der Waals surface area (Å²) in [4.78, 5) is 22.3. The summed E-state index contributed by atoms with van der Waals surface area (Å²) in [5, 5.41) is 4.50. The van der Waals surface area contributed by atoms with E-state index in [0.717, 1.165) is 43.4 Å². The van der Waals surface area contributed by atoms with Gasteiger partial charge in [0.25, 0.3) is 15.9 Å². The Hall–Kier alpha value is -2.89. The number of aromatic nitrogens is 1. The topological polar surface area (TPSA) is 94.6 Å². The van der Waals surface area contributed by atoms with Crippen LogP contribution in [0.1, 0.15) is 21.5 Å². The third-order valence-electron chi connectivity index (χ3n) is 6.70. The van der Waals surface area contributed by atoms with E-state index in [1.54, 1.807) is 35.6 Å². The van der Waals surface area contributed by atoms with Crippen LogP contribution in [-0.4, -0.2) is 63.5 Å². The van der Waals surface area contributed by atoms with Crippen molar-refractivity contribution in [1.82, 2.24) is 15.2 Å². The van der Waals surface area contributed by atoms with Gasteiger partial charge in [0.1, 0.15) is 0 Å². The van der Waals surface area contributed by atoms with Crippen molar-refractivity contribution in [3.63, 3.8) is 0 Å². The van der Waals surface area contributed by atoms with Gasteiger partial charge in [0.2, 0.25) is 0 Å². The Labute approximate surface area is 249 Å². The van der Waals surface area contributed by atoms with Crippen molar-refractivity contribution in [2.45, 2.75) is 18.7 Å². The molecule has 0 unspecified atom stereocenters. The Kier molecular flexibility index (Phi) is 9.58. The van der Waals surface area contributed by atoms with Crippen molar-refractivity contribution in [3.8, 4) is 0 Å². The average Bonchev–Trinajstić information content (AvgIpc) is 3.34. The number of hydrogen-bond donors (Lipinski definition) is 2. The molecule has 4 aromatic rings. The molecule has 0 radical (unpaired) electrons. The van der Waals surface area contributed by atoms with E-state index < -0.39 is 10.0 Å². The van der Waals surface area contributed by atoms with Gasteiger partial charge in [0.05, 0.1) is 15.1 Å². The fraction of sp³-hybridized carbons (Fsp3) is 0.286. The van der Waals surface area contributed by atoms with Crippen LogP contribution in [0.15, 0.2) is 65.6 Å². The van der Waals surface area contributed by atoms with Gasteiger partial charge in [0.15, 0.2) is 5.13 Å². The normalized spacial score (nSPS) is 14.1. The first-order valence-corrected chi connectivity index (χ1v) is 15.4. The Morgan fingerprint density at radius 1 is 1.00 bits per heavy atom. The summed E-state index contributed by atoms with van der Waals surface area (Å²) in [6.07, 6.45) is 0. The Bertz CT molecular complexity index is 1580. The molecule has 5 rings (SSSR count). The maximum atomic E-state index is 12.6. The summed E-state index contributed by atoms with van der Waals surface area (Å²) in [6.45, 7) is 9.15. The zero-order chi connectivity index (χ0) is 27.6. The summed E-state index contributed by atoms with van der Waals surface area (Å²) in [5.41, 5.74) is 4.42. The van der Waals surface area contributed by atoms with Crippen molar-refractivity contribution < 1.29 is 13.2 Å². The van der Waals surface area contributed by atoms with E-state index in [4.69, 9.17) is 16.6 Å². The summed E-state index contributed by atoms with van der Waals surface area (Å²) >= 11 is 7.59. The highest BCUT2D eigenvalue weighted by Gasteiger charge is 2.20. The zero-order valence-electron chi connectivity index (χ0n) is 22.2. The van der Waals surface area contributed by atoms with Crippen molar-refractivity contribution in [1.29, 1.82) is 0 Å². The molecule has 0 atom stereocenters. The fourth-order valence-electron chi connectivity index (χ4n) is 4.60. The van der Waals surface area contributed by atoms with E-state index in [1.165, 1.54) is 40.1 Å². The fourth-order valence-corrected chi connectivity index (χ4v) is 6.98. The van der Waals surface area contributed by atoms with Gasteiger partial charge in [-0.25, -0.2) is 13.4 Å². The van der Waals surface area contributed by atoms with Gasteiger partial charge in [-0.05, 0) is 79.6 Å². The van der Waals surface area contributed by atoms with Gasteiger partial charge >= 0.3 is 0 Å². The van der Waals surface area contributed by atoms with Crippen molar-refractivity contribution >= 4 is 72.3 Å². The number of rotatable bonds is 8. The highest BCUT2D eigenvalue weighted by Crippen LogP contribution is 2.32.